The second kappa shape index (κ2) is 7.95. The Labute approximate surface area is 164 Å². The van der Waals surface area contributed by atoms with E-state index in [1.807, 2.05) is 0 Å². The van der Waals surface area contributed by atoms with Crippen molar-refractivity contribution in [1.29, 1.82) is 0 Å². The molecule has 3 aromatic rings. The van der Waals surface area contributed by atoms with E-state index in [2.05, 4.69) is 4.98 Å². The van der Waals surface area contributed by atoms with E-state index >= 15 is 0 Å². The number of ketones is 1. The van der Waals surface area contributed by atoms with Gasteiger partial charge in [-0.25, -0.2) is 13.6 Å². The topological polar surface area (TPSA) is 56.3 Å². The van der Waals surface area contributed by atoms with Gasteiger partial charge >= 0.3 is 5.97 Å². The number of rotatable bonds is 6. The van der Waals surface area contributed by atoms with Gasteiger partial charge in [-0.1, -0.05) is 35.6 Å². The van der Waals surface area contributed by atoms with Gasteiger partial charge in [0.2, 0.25) is 0 Å². The molecule has 3 rings (SSSR count). The minimum absolute atomic E-state index is 0.0554. The molecule has 1 aromatic heterocycles. The van der Waals surface area contributed by atoms with Crippen LogP contribution in [0.4, 0.5) is 25.3 Å². The zero-order valence-electron chi connectivity index (χ0n) is 15.2. The van der Waals surface area contributed by atoms with Crippen LogP contribution in [-0.2, 0) is 9.53 Å². The normalized spacial score (nSPS) is 11.3. The quantitative estimate of drug-likeness (QED) is 0.258. The fourth-order valence-electron chi connectivity index (χ4n) is 2.84. The molecule has 0 bridgehead atoms. The number of benzene rings is 2. The Kier molecular flexibility index (Phi) is 5.62. The second-order valence-electron chi connectivity index (χ2n) is 5.97. The third-order valence-electron chi connectivity index (χ3n) is 4.24. The highest BCUT2D eigenvalue weighted by Gasteiger charge is 2.40. The highest BCUT2D eigenvalue weighted by Crippen LogP contribution is 2.45. The van der Waals surface area contributed by atoms with Crippen molar-refractivity contribution in [1.82, 2.24) is 9.47 Å². The number of nitrogens with zero attached hydrogens (tertiary/aromatic N) is 2. The number of hydrogen-bond acceptors (Lipinski definition) is 5. The Hall–Kier alpha value is -2.97. The van der Waals surface area contributed by atoms with Crippen LogP contribution in [0, 0.1) is 11.6 Å². The standard InChI is InChI=1S/C20H17F2N2O3S/c1-3-27-19(26)18(25)15-12-28-20(23-15)24(2,16-10-6-4-8-13(16)21)17-11-7-5-9-14(17)22/h4-12H,3H2,1-2H3/q+1. The maximum Gasteiger partial charge on any atom is 0.381 e. The number of halogens is 2. The molecule has 0 spiro atoms. The molecule has 0 aliphatic carbocycles. The molecule has 5 nitrogen and oxygen atoms in total. The van der Waals surface area contributed by atoms with E-state index in [1.165, 1.54) is 41.8 Å². The summed E-state index contributed by atoms with van der Waals surface area (Å²) in [6.07, 6.45) is 0. The van der Waals surface area contributed by atoms with Crippen LogP contribution in [0.15, 0.2) is 53.9 Å². The van der Waals surface area contributed by atoms with Gasteiger partial charge in [0.1, 0.15) is 5.69 Å². The van der Waals surface area contributed by atoms with Crippen LogP contribution in [0.5, 0.6) is 0 Å². The lowest BCUT2D eigenvalue weighted by molar-refractivity contribution is -0.137. The van der Waals surface area contributed by atoms with E-state index in [0.29, 0.717) is 0 Å². The number of hydrogen-bond donors (Lipinski definition) is 0. The summed E-state index contributed by atoms with van der Waals surface area (Å²) >= 11 is 1.03. The Balaban J connectivity index is 2.17. The SMILES string of the molecule is CCOC(=O)C(=O)c1csc([N+](C)(c2ccccc2F)c2ccccc2F)n1. The second-order valence-corrected chi connectivity index (χ2v) is 6.81. The number of para-hydroxylation sites is 2. The first kappa shape index (κ1) is 19.8. The monoisotopic (exact) mass is 403 g/mol. The van der Waals surface area contributed by atoms with Gasteiger partial charge in [0.15, 0.2) is 23.0 Å². The number of carbonyl (C=O) groups excluding carboxylic acids is 2. The van der Waals surface area contributed by atoms with Crippen LogP contribution in [0.25, 0.3) is 0 Å². The molecule has 2 aromatic carbocycles. The minimum Gasteiger partial charge on any atom is -0.460 e. The number of esters is 1. The molecule has 8 heteroatoms. The van der Waals surface area contributed by atoms with Crippen molar-refractivity contribution in [2.75, 3.05) is 13.7 Å². The van der Waals surface area contributed by atoms with Crippen LogP contribution in [0.1, 0.15) is 17.4 Å². The average molecular weight is 403 g/mol. The predicted octanol–water partition coefficient (Wildman–Crippen LogP) is 4.77. The van der Waals surface area contributed by atoms with Crippen LogP contribution in [0.2, 0.25) is 0 Å². The van der Waals surface area contributed by atoms with Crippen molar-refractivity contribution in [3.63, 3.8) is 0 Å². The van der Waals surface area contributed by atoms with E-state index in [0.717, 1.165) is 11.3 Å². The summed E-state index contributed by atoms with van der Waals surface area (Å²) < 4.78 is 33.6. The van der Waals surface area contributed by atoms with Crippen molar-refractivity contribution in [3.8, 4) is 0 Å². The molecule has 0 aliphatic heterocycles. The van der Waals surface area contributed by atoms with Crippen molar-refractivity contribution >= 4 is 39.6 Å². The van der Waals surface area contributed by atoms with E-state index in [4.69, 9.17) is 4.74 Å². The van der Waals surface area contributed by atoms with Gasteiger partial charge < -0.3 is 4.74 Å². The lowest BCUT2D eigenvalue weighted by Crippen LogP contribution is -2.35. The molecule has 0 saturated carbocycles. The third-order valence-corrected chi connectivity index (χ3v) is 5.24. The molecule has 0 atom stereocenters. The van der Waals surface area contributed by atoms with E-state index in [1.54, 1.807) is 26.1 Å². The number of aromatic nitrogens is 1. The maximum atomic E-state index is 14.7. The highest BCUT2D eigenvalue weighted by atomic mass is 32.1. The smallest absolute Gasteiger partial charge is 0.381 e. The number of ether oxygens (including phenoxy) is 1. The third kappa shape index (κ3) is 3.44. The zero-order chi connectivity index (χ0) is 20.3. The summed E-state index contributed by atoms with van der Waals surface area (Å²) in [5.41, 5.74) is 0.171. The van der Waals surface area contributed by atoms with Crippen molar-refractivity contribution in [3.05, 3.63) is 71.2 Å². The molecule has 0 fully saturated rings. The van der Waals surface area contributed by atoms with Crippen molar-refractivity contribution < 1.29 is 23.1 Å². The number of Topliss-reactive ketones (excluding diaryl/α,β-unsaturated/α-hetero) is 1. The lowest BCUT2D eigenvalue weighted by Gasteiger charge is -2.30. The molecule has 0 amide bonds. The van der Waals surface area contributed by atoms with E-state index in [-0.39, 0.29) is 28.8 Å². The van der Waals surface area contributed by atoms with Crippen LogP contribution in [0.3, 0.4) is 0 Å². The molecule has 0 radical (unpaired) electrons. The minimum atomic E-state index is -1.02. The van der Waals surface area contributed by atoms with Crippen LogP contribution < -0.4 is 4.48 Å². The van der Waals surface area contributed by atoms with Gasteiger partial charge in [-0.05, 0) is 19.1 Å². The average Bonchev–Trinajstić information content (AvgIpc) is 3.18. The van der Waals surface area contributed by atoms with E-state index < -0.39 is 27.9 Å². The Morgan fingerprint density at radius 2 is 1.57 bits per heavy atom. The maximum absolute atomic E-state index is 14.7. The molecule has 144 valence electrons. The van der Waals surface area contributed by atoms with E-state index in [9.17, 15) is 18.4 Å². The van der Waals surface area contributed by atoms with Gasteiger partial charge in [-0.15, -0.1) is 0 Å². The molecule has 0 unspecified atom stereocenters. The fraction of sp³-hybridized carbons (Fsp3) is 0.150. The van der Waals surface area contributed by atoms with Gasteiger partial charge in [-0.3, -0.25) is 4.79 Å². The summed E-state index contributed by atoms with van der Waals surface area (Å²) in [4.78, 5) is 28.1. The first-order valence-electron chi connectivity index (χ1n) is 8.43. The van der Waals surface area contributed by atoms with Gasteiger partial charge in [0.25, 0.3) is 10.9 Å². The molecule has 28 heavy (non-hydrogen) atoms. The molecule has 0 aliphatic rings. The summed E-state index contributed by atoms with van der Waals surface area (Å²) in [5.74, 6) is -3.04. The summed E-state index contributed by atoms with van der Waals surface area (Å²) in [6.45, 7) is 1.64. The van der Waals surface area contributed by atoms with Gasteiger partial charge in [0, 0.05) is 17.5 Å². The zero-order valence-corrected chi connectivity index (χ0v) is 16.0. The van der Waals surface area contributed by atoms with Crippen molar-refractivity contribution in [2.24, 2.45) is 0 Å². The molecule has 0 saturated heterocycles. The molecule has 1 heterocycles. The first-order valence-corrected chi connectivity index (χ1v) is 9.31. The van der Waals surface area contributed by atoms with Gasteiger partial charge in [0.05, 0.1) is 13.7 Å². The summed E-state index contributed by atoms with van der Waals surface area (Å²) in [5, 5.41) is 1.61. The first-order chi connectivity index (χ1) is 13.4. The van der Waals surface area contributed by atoms with Crippen molar-refractivity contribution in [2.45, 2.75) is 6.92 Å². The summed E-state index contributed by atoms with van der Waals surface area (Å²) in [6, 6.07) is 11.9. The fourth-order valence-corrected chi connectivity index (χ4v) is 3.78. The highest BCUT2D eigenvalue weighted by molar-refractivity contribution is 7.13. The Bertz CT molecular complexity index is 990. The number of thiazole rings is 1. The number of quaternary nitrogens is 1. The summed E-state index contributed by atoms with van der Waals surface area (Å²) in [7, 11) is 1.58. The molecular formula is C20H17F2N2O3S+. The molecule has 0 N–H and O–H groups in total. The van der Waals surface area contributed by atoms with Crippen LogP contribution in [-0.4, -0.2) is 30.4 Å². The molecular weight excluding hydrogens is 386 g/mol. The Morgan fingerprint density at radius 3 is 2.07 bits per heavy atom. The lowest BCUT2D eigenvalue weighted by atomic mass is 10.2. The Morgan fingerprint density at radius 1 is 1.04 bits per heavy atom. The van der Waals surface area contributed by atoms with Crippen LogP contribution >= 0.6 is 11.3 Å². The predicted molar refractivity (Wildman–Crippen MR) is 103 cm³/mol. The van der Waals surface area contributed by atoms with Gasteiger partial charge in [-0.2, -0.15) is 9.47 Å². The number of carbonyl (C=O) groups is 2. The largest absolute Gasteiger partial charge is 0.460 e.